The highest BCUT2D eigenvalue weighted by molar-refractivity contribution is 5.97. The van der Waals surface area contributed by atoms with E-state index in [-0.39, 0.29) is 18.2 Å². The Morgan fingerprint density at radius 1 is 1.33 bits per heavy atom. The topological polar surface area (TPSA) is 60.9 Å². The second kappa shape index (κ2) is 4.78. The van der Waals surface area contributed by atoms with E-state index in [0.717, 1.165) is 0 Å². The van der Waals surface area contributed by atoms with Crippen LogP contribution in [0.25, 0.3) is 0 Å². The number of rotatable bonds is 2. The van der Waals surface area contributed by atoms with Gasteiger partial charge in [-0.2, -0.15) is 0 Å². The molecule has 0 aromatic heterocycles. The molecule has 1 aromatic rings. The fraction of sp³-hybridized carbons (Fsp3) is 0.385. The van der Waals surface area contributed by atoms with Gasteiger partial charge in [0.1, 0.15) is 0 Å². The lowest BCUT2D eigenvalue weighted by Crippen LogP contribution is -2.25. The van der Waals surface area contributed by atoms with Gasteiger partial charge in [0.15, 0.2) is 0 Å². The van der Waals surface area contributed by atoms with Gasteiger partial charge in [0.05, 0.1) is 19.1 Å². The smallest absolute Gasteiger partial charge is 0.253 e. The maximum Gasteiger partial charge on any atom is 0.253 e. The molecule has 2 amide bonds. The minimum absolute atomic E-state index is 0.0747. The van der Waals surface area contributed by atoms with Crippen molar-refractivity contribution in [1.29, 1.82) is 0 Å². The average molecular weight is 248 g/mol. The van der Waals surface area contributed by atoms with Crippen molar-refractivity contribution in [3.63, 3.8) is 0 Å². The zero-order valence-corrected chi connectivity index (χ0v) is 10.5. The summed E-state index contributed by atoms with van der Waals surface area (Å²) in [4.78, 5) is 26.3. The number of amides is 2. The van der Waals surface area contributed by atoms with Crippen molar-refractivity contribution < 1.29 is 14.7 Å². The average Bonchev–Trinajstić information content (AvgIpc) is 2.67. The summed E-state index contributed by atoms with van der Waals surface area (Å²) in [7, 11) is 3.38. The molecule has 1 fully saturated rings. The molecule has 0 aliphatic carbocycles. The van der Waals surface area contributed by atoms with Gasteiger partial charge in [-0.05, 0) is 24.3 Å². The molecule has 1 aliphatic heterocycles. The zero-order valence-electron chi connectivity index (χ0n) is 10.5. The molecule has 0 spiro atoms. The van der Waals surface area contributed by atoms with E-state index in [1.165, 1.54) is 9.80 Å². The first-order valence-electron chi connectivity index (χ1n) is 5.79. The molecule has 18 heavy (non-hydrogen) atoms. The molecule has 5 nitrogen and oxygen atoms in total. The molecule has 0 bridgehead atoms. The number of carbonyl (C=O) groups excluding carboxylic acids is 2. The van der Waals surface area contributed by atoms with Crippen LogP contribution in [0.1, 0.15) is 16.8 Å². The van der Waals surface area contributed by atoms with Gasteiger partial charge in [0, 0.05) is 25.3 Å². The first-order valence-corrected chi connectivity index (χ1v) is 5.79. The Labute approximate surface area is 106 Å². The van der Waals surface area contributed by atoms with E-state index in [1.807, 2.05) is 0 Å². The predicted octanol–water partition coefficient (Wildman–Crippen LogP) is 0.486. The number of carbonyl (C=O) groups is 2. The summed E-state index contributed by atoms with van der Waals surface area (Å²) in [5, 5.41) is 9.42. The van der Waals surface area contributed by atoms with E-state index in [1.54, 1.807) is 38.4 Å². The molecule has 5 heteroatoms. The van der Waals surface area contributed by atoms with Crippen LogP contribution in [0.4, 0.5) is 5.69 Å². The monoisotopic (exact) mass is 248 g/mol. The Morgan fingerprint density at radius 2 is 1.94 bits per heavy atom. The first-order chi connectivity index (χ1) is 8.49. The van der Waals surface area contributed by atoms with Gasteiger partial charge in [-0.15, -0.1) is 0 Å². The largest absolute Gasteiger partial charge is 0.391 e. The summed E-state index contributed by atoms with van der Waals surface area (Å²) in [6.45, 7) is 0.319. The highest BCUT2D eigenvalue weighted by atomic mass is 16.3. The second-order valence-electron chi connectivity index (χ2n) is 4.61. The maximum atomic E-state index is 11.7. The molecular weight excluding hydrogens is 232 g/mol. The van der Waals surface area contributed by atoms with Gasteiger partial charge in [-0.1, -0.05) is 0 Å². The van der Waals surface area contributed by atoms with Crippen LogP contribution < -0.4 is 4.90 Å². The van der Waals surface area contributed by atoms with Crippen LogP contribution >= 0.6 is 0 Å². The van der Waals surface area contributed by atoms with Crippen LogP contribution in [0.15, 0.2) is 24.3 Å². The molecule has 1 saturated heterocycles. The number of aliphatic hydroxyl groups is 1. The molecule has 96 valence electrons. The Hall–Kier alpha value is -1.88. The molecular formula is C13H16N2O3. The van der Waals surface area contributed by atoms with Gasteiger partial charge in [0.2, 0.25) is 5.91 Å². The predicted molar refractivity (Wildman–Crippen MR) is 67.4 cm³/mol. The second-order valence-corrected chi connectivity index (χ2v) is 4.61. The van der Waals surface area contributed by atoms with Crippen molar-refractivity contribution in [1.82, 2.24) is 4.90 Å². The minimum Gasteiger partial charge on any atom is -0.391 e. The van der Waals surface area contributed by atoms with Crippen molar-refractivity contribution in [3.05, 3.63) is 29.8 Å². The molecule has 0 radical (unpaired) electrons. The van der Waals surface area contributed by atoms with Gasteiger partial charge < -0.3 is 14.9 Å². The number of anilines is 1. The van der Waals surface area contributed by atoms with Crippen LogP contribution in [0, 0.1) is 0 Å². The van der Waals surface area contributed by atoms with Crippen molar-refractivity contribution in [2.75, 3.05) is 25.5 Å². The molecule has 1 aliphatic rings. The first kappa shape index (κ1) is 12.6. The fourth-order valence-corrected chi connectivity index (χ4v) is 1.98. The minimum atomic E-state index is -0.597. The van der Waals surface area contributed by atoms with E-state index in [0.29, 0.717) is 17.8 Å². The normalized spacial score (nSPS) is 19.2. The Kier molecular flexibility index (Phi) is 3.34. The molecule has 1 heterocycles. The molecule has 1 N–H and O–H groups in total. The van der Waals surface area contributed by atoms with Crippen LogP contribution in [-0.4, -0.2) is 48.6 Å². The van der Waals surface area contributed by atoms with E-state index in [2.05, 4.69) is 0 Å². The standard InChI is InChI=1S/C13H16N2O3/c1-14(2)13(18)9-3-5-10(6-4-9)15-8-11(16)7-12(15)17/h3-6,11,16H,7-8H2,1-2H3. The number of hydrogen-bond donors (Lipinski definition) is 1. The van der Waals surface area contributed by atoms with E-state index in [9.17, 15) is 14.7 Å². The maximum absolute atomic E-state index is 11.7. The van der Waals surface area contributed by atoms with E-state index < -0.39 is 6.10 Å². The molecule has 1 atom stereocenters. The Balaban J connectivity index is 2.18. The van der Waals surface area contributed by atoms with Gasteiger partial charge >= 0.3 is 0 Å². The number of aliphatic hydroxyl groups excluding tert-OH is 1. The highest BCUT2D eigenvalue weighted by Gasteiger charge is 2.28. The van der Waals surface area contributed by atoms with Gasteiger partial charge in [-0.25, -0.2) is 0 Å². The third-order valence-electron chi connectivity index (χ3n) is 2.94. The molecule has 1 unspecified atom stereocenters. The molecule has 1 aromatic carbocycles. The summed E-state index contributed by atoms with van der Waals surface area (Å²) < 4.78 is 0. The van der Waals surface area contributed by atoms with Crippen LogP contribution in [0.3, 0.4) is 0 Å². The summed E-state index contributed by atoms with van der Waals surface area (Å²) in [5.74, 6) is -0.163. The SMILES string of the molecule is CN(C)C(=O)c1ccc(N2CC(O)CC2=O)cc1. The van der Waals surface area contributed by atoms with E-state index in [4.69, 9.17) is 0 Å². The zero-order chi connectivity index (χ0) is 13.3. The van der Waals surface area contributed by atoms with Gasteiger partial charge in [0.25, 0.3) is 5.91 Å². The Bertz CT molecular complexity index is 468. The van der Waals surface area contributed by atoms with Crippen molar-refractivity contribution >= 4 is 17.5 Å². The number of benzene rings is 1. The third kappa shape index (κ3) is 2.36. The van der Waals surface area contributed by atoms with Crippen molar-refractivity contribution in [3.8, 4) is 0 Å². The fourth-order valence-electron chi connectivity index (χ4n) is 1.98. The van der Waals surface area contributed by atoms with Gasteiger partial charge in [-0.3, -0.25) is 9.59 Å². The highest BCUT2D eigenvalue weighted by Crippen LogP contribution is 2.22. The van der Waals surface area contributed by atoms with Crippen LogP contribution in [0.2, 0.25) is 0 Å². The summed E-state index contributed by atoms with van der Waals surface area (Å²) in [5.41, 5.74) is 1.29. The quantitative estimate of drug-likeness (QED) is 0.828. The number of β-amino-alcohol motifs (C(OH)–C–C–N with tert-alkyl or cyclic N) is 1. The number of nitrogens with zero attached hydrogens (tertiary/aromatic N) is 2. The van der Waals surface area contributed by atoms with Crippen molar-refractivity contribution in [2.45, 2.75) is 12.5 Å². The summed E-state index contributed by atoms with van der Waals surface area (Å²) >= 11 is 0. The lowest BCUT2D eigenvalue weighted by atomic mass is 10.2. The van der Waals surface area contributed by atoms with Crippen LogP contribution in [-0.2, 0) is 4.79 Å². The number of hydrogen-bond acceptors (Lipinski definition) is 3. The van der Waals surface area contributed by atoms with Crippen molar-refractivity contribution in [2.24, 2.45) is 0 Å². The lowest BCUT2D eigenvalue weighted by molar-refractivity contribution is -0.117. The molecule has 0 saturated carbocycles. The summed E-state index contributed by atoms with van der Waals surface area (Å²) in [6, 6.07) is 6.84. The van der Waals surface area contributed by atoms with Crippen LogP contribution in [0.5, 0.6) is 0 Å². The lowest BCUT2D eigenvalue weighted by Gasteiger charge is -2.16. The third-order valence-corrected chi connectivity index (χ3v) is 2.94. The van der Waals surface area contributed by atoms with E-state index >= 15 is 0 Å². The Morgan fingerprint density at radius 3 is 2.39 bits per heavy atom. The molecule has 2 rings (SSSR count). The summed E-state index contributed by atoms with van der Waals surface area (Å²) in [6.07, 6.45) is -0.432.